The van der Waals surface area contributed by atoms with E-state index in [4.69, 9.17) is 0 Å². The minimum Gasteiger partial charge on any atom is -0.481 e. The monoisotopic (exact) mass is 296 g/mol. The molecule has 0 aromatic carbocycles. The average Bonchev–Trinajstić information content (AvgIpc) is 3.10. The molecule has 2 bridgehead atoms. The summed E-state index contributed by atoms with van der Waals surface area (Å²) < 4.78 is 0. The molecule has 2 aliphatic rings. The van der Waals surface area contributed by atoms with Crippen molar-refractivity contribution in [1.29, 1.82) is 0 Å². The van der Waals surface area contributed by atoms with Crippen LogP contribution in [-0.2, 0) is 11.3 Å². The van der Waals surface area contributed by atoms with Crippen molar-refractivity contribution < 1.29 is 14.8 Å². The van der Waals surface area contributed by atoms with Crippen LogP contribution in [0.2, 0.25) is 0 Å². The van der Waals surface area contributed by atoms with Gasteiger partial charge in [-0.2, -0.15) is 0 Å². The Morgan fingerprint density at radius 2 is 2.20 bits per heavy atom. The Morgan fingerprint density at radius 3 is 2.85 bits per heavy atom. The van der Waals surface area contributed by atoms with Crippen LogP contribution in [0.5, 0.6) is 0 Å². The van der Waals surface area contributed by atoms with Gasteiger partial charge in [-0.25, -0.2) is 0 Å². The maximum atomic E-state index is 11.4. The lowest BCUT2D eigenvalue weighted by atomic mass is 9.84. The molecular formula is C13H16N2O4S. The van der Waals surface area contributed by atoms with Crippen molar-refractivity contribution in [2.75, 3.05) is 0 Å². The Balaban J connectivity index is 1.65. The number of thiophene rings is 1. The molecule has 0 aliphatic heterocycles. The topological polar surface area (TPSA) is 92.5 Å². The molecule has 2 fully saturated rings. The third kappa shape index (κ3) is 2.31. The predicted octanol–water partition coefficient (Wildman–Crippen LogP) is 2.25. The molecule has 6 nitrogen and oxygen atoms in total. The van der Waals surface area contributed by atoms with E-state index in [0.717, 1.165) is 35.5 Å². The van der Waals surface area contributed by atoms with E-state index in [9.17, 15) is 20.0 Å². The molecule has 3 rings (SSSR count). The van der Waals surface area contributed by atoms with Gasteiger partial charge in [0.15, 0.2) is 0 Å². The summed E-state index contributed by atoms with van der Waals surface area (Å²) in [6, 6.07) is 3.24. The van der Waals surface area contributed by atoms with E-state index in [0.29, 0.717) is 18.4 Å². The first-order chi connectivity index (χ1) is 9.56. The summed E-state index contributed by atoms with van der Waals surface area (Å²) in [6.45, 7) is 0.510. The van der Waals surface area contributed by atoms with Crippen LogP contribution in [0.1, 0.15) is 24.1 Å². The Hall–Kier alpha value is -1.47. The highest BCUT2D eigenvalue weighted by atomic mass is 32.1. The van der Waals surface area contributed by atoms with Crippen LogP contribution in [0.15, 0.2) is 12.1 Å². The van der Waals surface area contributed by atoms with Gasteiger partial charge in [-0.3, -0.25) is 14.9 Å². The Kier molecular flexibility index (Phi) is 3.47. The zero-order valence-electron chi connectivity index (χ0n) is 10.8. The zero-order valence-corrected chi connectivity index (χ0v) is 11.6. The molecule has 0 spiro atoms. The van der Waals surface area contributed by atoms with Crippen LogP contribution in [0.4, 0.5) is 5.00 Å². The molecule has 0 saturated heterocycles. The first-order valence-corrected chi connectivity index (χ1v) is 7.57. The van der Waals surface area contributed by atoms with E-state index in [2.05, 4.69) is 5.32 Å². The quantitative estimate of drug-likeness (QED) is 0.642. The maximum absolute atomic E-state index is 11.4. The Bertz CT molecular complexity index is 544. The summed E-state index contributed by atoms with van der Waals surface area (Å²) in [5.41, 5.74) is 0. The number of nitrogens with one attached hydrogen (secondary N) is 1. The van der Waals surface area contributed by atoms with Gasteiger partial charge in [0.2, 0.25) is 0 Å². The zero-order chi connectivity index (χ0) is 14.3. The van der Waals surface area contributed by atoms with Crippen LogP contribution < -0.4 is 5.32 Å². The van der Waals surface area contributed by atoms with Gasteiger partial charge < -0.3 is 10.4 Å². The van der Waals surface area contributed by atoms with E-state index in [1.54, 1.807) is 6.07 Å². The highest BCUT2D eigenvalue weighted by Gasteiger charge is 2.50. The van der Waals surface area contributed by atoms with E-state index in [1.807, 2.05) is 0 Å². The first kappa shape index (κ1) is 13.5. The highest BCUT2D eigenvalue weighted by molar-refractivity contribution is 7.15. The largest absolute Gasteiger partial charge is 0.481 e. The second-order valence-corrected chi connectivity index (χ2v) is 6.75. The normalized spacial score (nSPS) is 31.6. The van der Waals surface area contributed by atoms with Crippen molar-refractivity contribution in [2.45, 2.75) is 31.8 Å². The molecule has 1 aromatic heterocycles. The molecule has 2 N–H and O–H groups in total. The Morgan fingerprint density at radius 1 is 1.45 bits per heavy atom. The number of carboxylic acids is 1. The molecule has 1 aromatic rings. The number of nitrogens with zero attached hydrogens (tertiary/aromatic N) is 1. The van der Waals surface area contributed by atoms with Gasteiger partial charge >= 0.3 is 11.0 Å². The number of nitro groups is 1. The molecule has 0 amide bonds. The molecule has 7 heteroatoms. The standard InChI is InChI=1S/C13H16N2O4S/c16-13(17)11-7-1-2-8(5-7)12(11)14-6-9-3-4-10(20-9)15(18)19/h3-4,7-8,11-12,14H,1-2,5-6H2,(H,16,17). The molecule has 108 valence electrons. The third-order valence-corrected chi connectivity index (χ3v) is 5.58. The average molecular weight is 296 g/mol. The van der Waals surface area contributed by atoms with Crippen LogP contribution >= 0.6 is 11.3 Å². The first-order valence-electron chi connectivity index (χ1n) is 6.75. The molecule has 2 saturated carbocycles. The van der Waals surface area contributed by atoms with Gasteiger partial charge in [-0.15, -0.1) is 0 Å². The van der Waals surface area contributed by atoms with Crippen LogP contribution in [0.3, 0.4) is 0 Å². The fraction of sp³-hybridized carbons (Fsp3) is 0.615. The van der Waals surface area contributed by atoms with E-state index >= 15 is 0 Å². The van der Waals surface area contributed by atoms with Gasteiger partial charge in [0, 0.05) is 23.5 Å². The van der Waals surface area contributed by atoms with Gasteiger partial charge in [0.1, 0.15) is 0 Å². The van der Waals surface area contributed by atoms with E-state index in [1.165, 1.54) is 6.07 Å². The van der Waals surface area contributed by atoms with Crippen molar-refractivity contribution >= 4 is 22.3 Å². The number of carboxylic acid groups (broad SMARTS) is 1. The second kappa shape index (κ2) is 5.14. The molecule has 0 radical (unpaired) electrons. The van der Waals surface area contributed by atoms with Crippen LogP contribution in [-0.4, -0.2) is 22.0 Å². The van der Waals surface area contributed by atoms with Crippen molar-refractivity contribution in [3.63, 3.8) is 0 Å². The van der Waals surface area contributed by atoms with Gasteiger partial charge in [0.05, 0.1) is 10.8 Å². The van der Waals surface area contributed by atoms with Crippen molar-refractivity contribution in [1.82, 2.24) is 5.32 Å². The van der Waals surface area contributed by atoms with Gasteiger partial charge in [-0.05, 0) is 37.2 Å². The fourth-order valence-electron chi connectivity index (χ4n) is 3.72. The summed E-state index contributed by atoms with van der Waals surface area (Å²) in [7, 11) is 0. The Labute approximate surface area is 120 Å². The number of hydrogen-bond donors (Lipinski definition) is 2. The second-order valence-electron chi connectivity index (χ2n) is 5.60. The van der Waals surface area contributed by atoms with Gasteiger partial charge in [0.25, 0.3) is 0 Å². The summed E-state index contributed by atoms with van der Waals surface area (Å²) in [4.78, 5) is 22.5. The summed E-state index contributed by atoms with van der Waals surface area (Å²) in [5.74, 6) is -0.278. The van der Waals surface area contributed by atoms with Crippen LogP contribution in [0, 0.1) is 27.9 Å². The summed E-state index contributed by atoms with van der Waals surface area (Å²) in [5, 5.41) is 23.4. The number of hydrogen-bond acceptors (Lipinski definition) is 5. The van der Waals surface area contributed by atoms with E-state index in [-0.39, 0.29) is 17.0 Å². The molecule has 1 heterocycles. The highest BCUT2D eigenvalue weighted by Crippen LogP contribution is 2.48. The lowest BCUT2D eigenvalue weighted by Crippen LogP contribution is -2.43. The van der Waals surface area contributed by atoms with Crippen LogP contribution in [0.25, 0.3) is 0 Å². The predicted molar refractivity (Wildman–Crippen MR) is 73.6 cm³/mol. The van der Waals surface area contributed by atoms with Crippen molar-refractivity contribution in [3.05, 3.63) is 27.1 Å². The SMILES string of the molecule is O=C(O)C1C2CCC(C2)C1NCc1ccc([N+](=O)[O-])s1. The molecule has 20 heavy (non-hydrogen) atoms. The van der Waals surface area contributed by atoms with E-state index < -0.39 is 10.9 Å². The molecule has 4 unspecified atom stereocenters. The fourth-order valence-corrected chi connectivity index (χ4v) is 4.49. The maximum Gasteiger partial charge on any atom is 0.324 e. The van der Waals surface area contributed by atoms with Gasteiger partial charge in [-0.1, -0.05) is 11.3 Å². The number of fused-ring (bicyclic) bond motifs is 2. The summed E-state index contributed by atoms with van der Waals surface area (Å²) in [6.07, 6.45) is 3.11. The molecular weight excluding hydrogens is 280 g/mol. The van der Waals surface area contributed by atoms with Crippen molar-refractivity contribution in [2.24, 2.45) is 17.8 Å². The lowest BCUT2D eigenvalue weighted by Gasteiger charge is -2.28. The van der Waals surface area contributed by atoms with Crippen molar-refractivity contribution in [3.8, 4) is 0 Å². The number of carbonyl (C=O) groups is 1. The minimum absolute atomic E-state index is 0.00686. The summed E-state index contributed by atoms with van der Waals surface area (Å²) >= 11 is 1.15. The molecule has 2 aliphatic carbocycles. The smallest absolute Gasteiger partial charge is 0.324 e. The number of aliphatic carboxylic acids is 1. The number of rotatable bonds is 5. The minimum atomic E-state index is -0.716. The third-order valence-electron chi connectivity index (χ3n) is 4.54. The molecule has 4 atom stereocenters. The lowest BCUT2D eigenvalue weighted by molar-refractivity contribution is -0.380.